The lowest BCUT2D eigenvalue weighted by molar-refractivity contribution is 0.0714. The van der Waals surface area contributed by atoms with Gasteiger partial charge in [0.2, 0.25) is 0 Å². The monoisotopic (exact) mass is 403 g/mol. The first-order chi connectivity index (χ1) is 14.5. The SMILES string of the molecule is Cc1ccc(C(=O)N(Cc2nc3ccccc3n2C2CCCCC2)CC(C)C)cc1. The molecule has 0 bridgehead atoms. The van der Waals surface area contributed by atoms with Crippen LogP contribution in [-0.2, 0) is 6.54 Å². The molecule has 1 aliphatic rings. The van der Waals surface area contributed by atoms with Crippen molar-refractivity contribution < 1.29 is 4.79 Å². The van der Waals surface area contributed by atoms with Crippen LogP contribution >= 0.6 is 0 Å². The van der Waals surface area contributed by atoms with Crippen molar-refractivity contribution in [1.29, 1.82) is 0 Å². The maximum Gasteiger partial charge on any atom is 0.254 e. The number of aromatic nitrogens is 2. The highest BCUT2D eigenvalue weighted by Gasteiger charge is 2.25. The zero-order valence-corrected chi connectivity index (χ0v) is 18.5. The van der Waals surface area contributed by atoms with Crippen molar-refractivity contribution in [2.24, 2.45) is 5.92 Å². The minimum atomic E-state index is 0.0888. The van der Waals surface area contributed by atoms with Crippen LogP contribution in [0.25, 0.3) is 11.0 Å². The molecule has 0 atom stereocenters. The predicted molar refractivity (Wildman–Crippen MR) is 123 cm³/mol. The maximum absolute atomic E-state index is 13.4. The Balaban J connectivity index is 1.70. The van der Waals surface area contributed by atoms with Gasteiger partial charge < -0.3 is 9.47 Å². The Bertz CT molecular complexity index is 997. The fraction of sp³-hybridized carbons (Fsp3) is 0.462. The number of para-hydroxylation sites is 2. The lowest BCUT2D eigenvalue weighted by Gasteiger charge is -2.29. The maximum atomic E-state index is 13.4. The number of benzene rings is 2. The fourth-order valence-corrected chi connectivity index (χ4v) is 4.66. The summed E-state index contributed by atoms with van der Waals surface area (Å²) in [4.78, 5) is 20.4. The van der Waals surface area contributed by atoms with Crippen LogP contribution in [0.4, 0.5) is 0 Å². The molecular formula is C26H33N3O. The first-order valence-corrected chi connectivity index (χ1v) is 11.3. The van der Waals surface area contributed by atoms with Gasteiger partial charge in [-0.2, -0.15) is 0 Å². The second-order valence-electron chi connectivity index (χ2n) is 9.12. The number of aryl methyl sites for hydroxylation is 1. The zero-order valence-electron chi connectivity index (χ0n) is 18.5. The molecule has 1 aliphatic carbocycles. The number of hydrogen-bond acceptors (Lipinski definition) is 2. The molecule has 4 heteroatoms. The minimum Gasteiger partial charge on any atom is -0.331 e. The van der Waals surface area contributed by atoms with Crippen LogP contribution in [0, 0.1) is 12.8 Å². The molecule has 30 heavy (non-hydrogen) atoms. The van der Waals surface area contributed by atoms with Gasteiger partial charge in [0, 0.05) is 18.2 Å². The normalized spacial score (nSPS) is 15.1. The number of hydrogen-bond donors (Lipinski definition) is 0. The Morgan fingerprint density at radius 2 is 1.77 bits per heavy atom. The van der Waals surface area contributed by atoms with E-state index in [2.05, 4.69) is 36.6 Å². The number of carbonyl (C=O) groups is 1. The van der Waals surface area contributed by atoms with E-state index < -0.39 is 0 Å². The zero-order chi connectivity index (χ0) is 21.1. The van der Waals surface area contributed by atoms with Gasteiger partial charge in [-0.3, -0.25) is 4.79 Å². The van der Waals surface area contributed by atoms with E-state index in [4.69, 9.17) is 4.98 Å². The molecule has 1 aromatic heterocycles. The van der Waals surface area contributed by atoms with Crippen LogP contribution in [0.15, 0.2) is 48.5 Å². The van der Waals surface area contributed by atoms with Crippen LogP contribution in [0.2, 0.25) is 0 Å². The molecule has 1 amide bonds. The van der Waals surface area contributed by atoms with Crippen LogP contribution in [-0.4, -0.2) is 26.9 Å². The molecule has 0 aliphatic heterocycles. The van der Waals surface area contributed by atoms with Gasteiger partial charge in [0.15, 0.2) is 0 Å². The summed E-state index contributed by atoms with van der Waals surface area (Å²) < 4.78 is 2.43. The quantitative estimate of drug-likeness (QED) is 0.495. The topological polar surface area (TPSA) is 38.1 Å². The molecule has 4 nitrogen and oxygen atoms in total. The van der Waals surface area contributed by atoms with Gasteiger partial charge in [-0.1, -0.05) is 62.9 Å². The highest BCUT2D eigenvalue weighted by molar-refractivity contribution is 5.94. The molecule has 4 rings (SSSR count). The van der Waals surface area contributed by atoms with Gasteiger partial charge >= 0.3 is 0 Å². The molecule has 0 unspecified atom stereocenters. The van der Waals surface area contributed by atoms with Gasteiger partial charge in [-0.15, -0.1) is 0 Å². The Labute approximate surface area is 179 Å². The van der Waals surface area contributed by atoms with Gasteiger partial charge in [0.25, 0.3) is 5.91 Å². The van der Waals surface area contributed by atoms with Crippen LogP contribution in [0.5, 0.6) is 0 Å². The number of rotatable bonds is 6. The summed E-state index contributed by atoms with van der Waals surface area (Å²) in [5.74, 6) is 1.50. The van der Waals surface area contributed by atoms with Crippen LogP contribution in [0.1, 0.15) is 73.7 Å². The molecule has 1 heterocycles. The Kier molecular flexibility index (Phi) is 6.21. The van der Waals surface area contributed by atoms with E-state index in [1.807, 2.05) is 42.2 Å². The molecule has 1 fully saturated rings. The lowest BCUT2D eigenvalue weighted by Crippen LogP contribution is -2.35. The van der Waals surface area contributed by atoms with Crippen molar-refractivity contribution >= 4 is 16.9 Å². The smallest absolute Gasteiger partial charge is 0.254 e. The molecule has 2 aromatic carbocycles. The third-order valence-electron chi connectivity index (χ3n) is 6.11. The summed E-state index contributed by atoms with van der Waals surface area (Å²) in [6, 6.07) is 16.8. The van der Waals surface area contributed by atoms with E-state index in [-0.39, 0.29) is 5.91 Å². The average Bonchev–Trinajstić information content (AvgIpc) is 3.11. The number of amides is 1. The third kappa shape index (κ3) is 4.43. The molecule has 0 spiro atoms. The van der Waals surface area contributed by atoms with Crippen molar-refractivity contribution in [1.82, 2.24) is 14.5 Å². The fourth-order valence-electron chi connectivity index (χ4n) is 4.66. The second kappa shape index (κ2) is 9.03. The Morgan fingerprint density at radius 3 is 2.47 bits per heavy atom. The van der Waals surface area contributed by atoms with Crippen molar-refractivity contribution in [3.63, 3.8) is 0 Å². The summed E-state index contributed by atoms with van der Waals surface area (Å²) in [6.45, 7) is 7.66. The Hall–Kier alpha value is -2.62. The van der Waals surface area contributed by atoms with Crippen LogP contribution in [0.3, 0.4) is 0 Å². The Morgan fingerprint density at radius 1 is 1.07 bits per heavy atom. The molecule has 0 N–H and O–H groups in total. The molecule has 0 radical (unpaired) electrons. The van der Waals surface area contributed by atoms with Gasteiger partial charge in [-0.25, -0.2) is 4.98 Å². The largest absolute Gasteiger partial charge is 0.331 e. The summed E-state index contributed by atoms with van der Waals surface area (Å²) in [5.41, 5.74) is 4.15. The molecule has 1 saturated carbocycles. The van der Waals surface area contributed by atoms with E-state index in [0.717, 1.165) is 23.4 Å². The first kappa shape index (κ1) is 20.6. The molecule has 3 aromatic rings. The predicted octanol–water partition coefficient (Wildman–Crippen LogP) is 6.15. The van der Waals surface area contributed by atoms with Gasteiger partial charge in [-0.05, 0) is 49.9 Å². The van der Waals surface area contributed by atoms with Crippen LogP contribution < -0.4 is 0 Å². The van der Waals surface area contributed by atoms with Crippen molar-refractivity contribution in [3.8, 4) is 0 Å². The first-order valence-electron chi connectivity index (χ1n) is 11.3. The summed E-state index contributed by atoms with van der Waals surface area (Å²) in [6.07, 6.45) is 6.26. The minimum absolute atomic E-state index is 0.0888. The van der Waals surface area contributed by atoms with Crippen molar-refractivity contribution in [2.45, 2.75) is 65.5 Å². The molecule has 0 saturated heterocycles. The summed E-state index contributed by atoms with van der Waals surface area (Å²) in [7, 11) is 0. The van der Waals surface area contributed by atoms with Gasteiger partial charge in [0.1, 0.15) is 5.82 Å². The van der Waals surface area contributed by atoms with E-state index >= 15 is 0 Å². The van der Waals surface area contributed by atoms with Gasteiger partial charge in [0.05, 0.1) is 17.6 Å². The standard InChI is InChI=1S/C26H33N3O/c1-19(2)17-28(26(30)21-15-13-20(3)14-16-21)18-25-27-23-11-7-8-12-24(23)29(25)22-9-5-4-6-10-22/h7-8,11-16,19,22H,4-6,9-10,17-18H2,1-3H3. The van der Waals surface area contributed by atoms with E-state index in [0.29, 0.717) is 18.5 Å². The number of carbonyl (C=O) groups excluding carboxylic acids is 1. The number of nitrogens with zero attached hydrogens (tertiary/aromatic N) is 3. The summed E-state index contributed by atoms with van der Waals surface area (Å²) >= 11 is 0. The number of fused-ring (bicyclic) bond motifs is 1. The average molecular weight is 404 g/mol. The van der Waals surface area contributed by atoms with E-state index in [1.54, 1.807) is 0 Å². The highest BCUT2D eigenvalue weighted by atomic mass is 16.2. The number of imidazole rings is 1. The molecule has 158 valence electrons. The molecular weight excluding hydrogens is 370 g/mol. The second-order valence-corrected chi connectivity index (χ2v) is 9.12. The van der Waals surface area contributed by atoms with Crippen molar-refractivity contribution in [2.75, 3.05) is 6.54 Å². The van der Waals surface area contributed by atoms with Crippen molar-refractivity contribution in [3.05, 3.63) is 65.5 Å². The summed E-state index contributed by atoms with van der Waals surface area (Å²) in [5, 5.41) is 0. The highest BCUT2D eigenvalue weighted by Crippen LogP contribution is 2.33. The lowest BCUT2D eigenvalue weighted by atomic mass is 9.95. The van der Waals surface area contributed by atoms with E-state index in [9.17, 15) is 4.79 Å². The van der Waals surface area contributed by atoms with E-state index in [1.165, 1.54) is 43.2 Å². The third-order valence-corrected chi connectivity index (χ3v) is 6.11.